The third-order valence-corrected chi connectivity index (χ3v) is 6.00. The molecule has 2 saturated heterocycles. The van der Waals surface area contributed by atoms with E-state index in [4.69, 9.17) is 16.6 Å². The summed E-state index contributed by atoms with van der Waals surface area (Å²) in [6.45, 7) is 1.77. The Labute approximate surface area is 168 Å². The van der Waals surface area contributed by atoms with Gasteiger partial charge in [0.2, 0.25) is 5.95 Å². The highest BCUT2D eigenvalue weighted by molar-refractivity contribution is 6.30. The number of fused-ring (bicyclic) bond motifs is 2. The van der Waals surface area contributed by atoms with Crippen LogP contribution < -0.4 is 15.4 Å². The largest absolute Gasteiger partial charge is 0.365 e. The molecule has 4 heterocycles. The second-order valence-corrected chi connectivity index (χ2v) is 7.84. The summed E-state index contributed by atoms with van der Waals surface area (Å²) in [5.74, 6) is 0.738. The van der Waals surface area contributed by atoms with E-state index in [1.54, 1.807) is 30.1 Å². The summed E-state index contributed by atoms with van der Waals surface area (Å²) >= 11 is 6.03. The average molecular weight is 394 g/mol. The molecule has 0 spiro atoms. The third-order valence-electron chi connectivity index (χ3n) is 5.74. The lowest BCUT2D eigenvalue weighted by Gasteiger charge is -2.36. The van der Waals surface area contributed by atoms with Crippen LogP contribution in [0.25, 0.3) is 11.3 Å². The summed E-state index contributed by atoms with van der Waals surface area (Å²) in [6, 6.07) is 14.1. The summed E-state index contributed by atoms with van der Waals surface area (Å²) in [5.41, 5.74) is 2.75. The van der Waals surface area contributed by atoms with Gasteiger partial charge < -0.3 is 9.80 Å². The highest BCUT2D eigenvalue weighted by Gasteiger charge is 2.44. The summed E-state index contributed by atoms with van der Waals surface area (Å²) in [7, 11) is 1.80. The van der Waals surface area contributed by atoms with Crippen LogP contribution in [0.1, 0.15) is 6.42 Å². The lowest BCUT2D eigenvalue weighted by Crippen LogP contribution is -2.48. The molecule has 6 nitrogen and oxygen atoms in total. The summed E-state index contributed by atoms with van der Waals surface area (Å²) < 4.78 is 1.65. The second kappa shape index (κ2) is 6.63. The molecule has 28 heavy (non-hydrogen) atoms. The predicted molar refractivity (Wildman–Crippen MR) is 111 cm³/mol. The van der Waals surface area contributed by atoms with Gasteiger partial charge in [0, 0.05) is 60.9 Å². The van der Waals surface area contributed by atoms with Crippen LogP contribution >= 0.6 is 11.6 Å². The summed E-state index contributed by atoms with van der Waals surface area (Å²) in [4.78, 5) is 26.2. The lowest BCUT2D eigenvalue weighted by molar-refractivity contribution is 0.615. The fourth-order valence-electron chi connectivity index (χ4n) is 4.32. The number of hydrogen-bond donors (Lipinski definition) is 0. The molecule has 142 valence electrons. The molecular weight excluding hydrogens is 374 g/mol. The van der Waals surface area contributed by atoms with Crippen molar-refractivity contribution < 1.29 is 0 Å². The molecule has 2 fully saturated rings. The van der Waals surface area contributed by atoms with Crippen molar-refractivity contribution in [2.75, 3.05) is 22.9 Å². The van der Waals surface area contributed by atoms with E-state index in [1.165, 1.54) is 5.69 Å². The van der Waals surface area contributed by atoms with Gasteiger partial charge in [0.05, 0.1) is 11.7 Å². The first kappa shape index (κ1) is 17.3. The Morgan fingerprint density at radius 1 is 1.00 bits per heavy atom. The van der Waals surface area contributed by atoms with Gasteiger partial charge in [-0.05, 0) is 42.8 Å². The molecule has 2 aliphatic heterocycles. The van der Waals surface area contributed by atoms with Crippen LogP contribution in [-0.2, 0) is 7.05 Å². The van der Waals surface area contributed by atoms with E-state index >= 15 is 0 Å². The zero-order valence-electron chi connectivity index (χ0n) is 15.5. The number of benzene rings is 1. The van der Waals surface area contributed by atoms with E-state index in [1.807, 2.05) is 24.3 Å². The molecular formula is C21H20ClN5O. The molecule has 2 atom stereocenters. The SMILES string of the molecule is Cn1c(N2CC3CC2CN3c2ccc(Cl)cc2)nc(-c2ccncc2)cc1=O. The number of hydrogen-bond acceptors (Lipinski definition) is 5. The van der Waals surface area contributed by atoms with Crippen molar-refractivity contribution in [3.05, 3.63) is 70.2 Å². The fraction of sp³-hybridized carbons (Fsp3) is 0.286. The Kier molecular flexibility index (Phi) is 4.09. The van der Waals surface area contributed by atoms with E-state index in [2.05, 4.69) is 26.9 Å². The standard InChI is InChI=1S/C21H20ClN5O/c1-25-20(28)11-19(14-6-8-23-9-7-14)24-21(25)27-13-17-10-18(27)12-26(17)16-4-2-15(22)3-5-16/h2-9,11,17-18H,10,12-13H2,1H3. The maximum atomic E-state index is 12.6. The van der Waals surface area contributed by atoms with Crippen LogP contribution in [0.4, 0.5) is 11.6 Å². The molecule has 0 N–H and O–H groups in total. The molecule has 0 amide bonds. The zero-order chi connectivity index (χ0) is 19.3. The minimum absolute atomic E-state index is 0.0471. The molecule has 2 bridgehead atoms. The quantitative estimate of drug-likeness (QED) is 0.684. The van der Waals surface area contributed by atoms with Crippen molar-refractivity contribution in [3.63, 3.8) is 0 Å². The Bertz CT molecular complexity index is 1070. The highest BCUT2D eigenvalue weighted by atomic mass is 35.5. The van der Waals surface area contributed by atoms with Gasteiger partial charge in [0.15, 0.2) is 0 Å². The van der Waals surface area contributed by atoms with Crippen LogP contribution in [-0.4, -0.2) is 39.7 Å². The van der Waals surface area contributed by atoms with Gasteiger partial charge in [-0.15, -0.1) is 0 Å². The molecule has 0 saturated carbocycles. The topological polar surface area (TPSA) is 54.3 Å². The van der Waals surface area contributed by atoms with Gasteiger partial charge in [0.25, 0.3) is 5.56 Å². The molecule has 1 aromatic carbocycles. The molecule has 2 aromatic heterocycles. The van der Waals surface area contributed by atoms with Crippen LogP contribution in [0.5, 0.6) is 0 Å². The van der Waals surface area contributed by atoms with Crippen LogP contribution in [0.15, 0.2) is 59.7 Å². The van der Waals surface area contributed by atoms with Gasteiger partial charge in [-0.3, -0.25) is 14.3 Å². The van der Waals surface area contributed by atoms with Crippen LogP contribution in [0, 0.1) is 0 Å². The van der Waals surface area contributed by atoms with Gasteiger partial charge in [-0.25, -0.2) is 4.98 Å². The Balaban J connectivity index is 1.45. The number of aromatic nitrogens is 3. The molecule has 7 heteroatoms. The minimum Gasteiger partial charge on any atom is -0.365 e. The van der Waals surface area contributed by atoms with E-state index in [-0.39, 0.29) is 5.56 Å². The van der Waals surface area contributed by atoms with Crippen molar-refractivity contribution in [3.8, 4) is 11.3 Å². The second-order valence-electron chi connectivity index (χ2n) is 7.40. The van der Waals surface area contributed by atoms with E-state index in [0.29, 0.717) is 17.8 Å². The molecule has 0 radical (unpaired) electrons. The number of anilines is 2. The maximum Gasteiger partial charge on any atom is 0.255 e. The van der Waals surface area contributed by atoms with Gasteiger partial charge in [0.1, 0.15) is 0 Å². The summed E-state index contributed by atoms with van der Waals surface area (Å²) in [6.07, 6.45) is 4.50. The van der Waals surface area contributed by atoms with E-state index < -0.39 is 0 Å². The molecule has 2 unspecified atom stereocenters. The fourth-order valence-corrected chi connectivity index (χ4v) is 4.44. The molecule has 0 aliphatic carbocycles. The molecule has 2 aliphatic rings. The van der Waals surface area contributed by atoms with Gasteiger partial charge in [-0.1, -0.05) is 11.6 Å². The third kappa shape index (κ3) is 2.85. The maximum absolute atomic E-state index is 12.6. The smallest absolute Gasteiger partial charge is 0.255 e. The number of pyridine rings is 1. The number of rotatable bonds is 3. The minimum atomic E-state index is -0.0471. The number of nitrogens with zero attached hydrogens (tertiary/aromatic N) is 5. The first-order chi connectivity index (χ1) is 13.6. The van der Waals surface area contributed by atoms with Crippen molar-refractivity contribution >= 4 is 23.2 Å². The van der Waals surface area contributed by atoms with Crippen molar-refractivity contribution in [1.82, 2.24) is 14.5 Å². The van der Waals surface area contributed by atoms with Crippen molar-refractivity contribution in [2.24, 2.45) is 7.05 Å². The molecule has 5 rings (SSSR count). The van der Waals surface area contributed by atoms with Crippen molar-refractivity contribution in [2.45, 2.75) is 18.5 Å². The molecule has 3 aromatic rings. The van der Waals surface area contributed by atoms with Crippen molar-refractivity contribution in [1.29, 1.82) is 0 Å². The Hall–Kier alpha value is -2.86. The first-order valence-electron chi connectivity index (χ1n) is 9.37. The van der Waals surface area contributed by atoms with Gasteiger partial charge in [-0.2, -0.15) is 0 Å². The number of piperazine rings is 1. The normalized spacial score (nSPS) is 20.8. The van der Waals surface area contributed by atoms with Crippen LogP contribution in [0.2, 0.25) is 5.02 Å². The first-order valence-corrected chi connectivity index (χ1v) is 9.75. The van der Waals surface area contributed by atoms with Gasteiger partial charge >= 0.3 is 0 Å². The van der Waals surface area contributed by atoms with Crippen LogP contribution in [0.3, 0.4) is 0 Å². The average Bonchev–Trinajstić information content (AvgIpc) is 3.32. The Morgan fingerprint density at radius 3 is 2.36 bits per heavy atom. The van der Waals surface area contributed by atoms with E-state index in [9.17, 15) is 4.79 Å². The Morgan fingerprint density at radius 2 is 1.68 bits per heavy atom. The monoisotopic (exact) mass is 393 g/mol. The summed E-state index contributed by atoms with van der Waals surface area (Å²) in [5, 5.41) is 0.752. The highest BCUT2D eigenvalue weighted by Crippen LogP contribution is 2.37. The predicted octanol–water partition coefficient (Wildman–Crippen LogP) is 2.96. The van der Waals surface area contributed by atoms with E-state index in [0.717, 1.165) is 36.0 Å². The zero-order valence-corrected chi connectivity index (χ0v) is 16.3. The lowest BCUT2D eigenvalue weighted by atomic mass is 10.2. The number of halogens is 1.